The molecule has 1 amide bonds. The summed E-state index contributed by atoms with van der Waals surface area (Å²) in [5.41, 5.74) is 1.14. The van der Waals surface area contributed by atoms with Crippen LogP contribution in [-0.4, -0.2) is 73.1 Å². The van der Waals surface area contributed by atoms with Gasteiger partial charge < -0.3 is 15.4 Å². The van der Waals surface area contributed by atoms with E-state index in [0.29, 0.717) is 6.04 Å². The highest BCUT2D eigenvalue weighted by atomic mass is 16.5. The van der Waals surface area contributed by atoms with Crippen LogP contribution in [0.3, 0.4) is 0 Å². The van der Waals surface area contributed by atoms with Crippen LogP contribution in [0, 0.1) is 5.92 Å². The van der Waals surface area contributed by atoms with E-state index in [4.69, 9.17) is 4.74 Å². The maximum Gasteiger partial charge on any atom is 0.225 e. The number of nitrogens with zero attached hydrogens (tertiary/aromatic N) is 3. The molecule has 2 saturated heterocycles. The van der Waals surface area contributed by atoms with E-state index in [9.17, 15) is 4.79 Å². The van der Waals surface area contributed by atoms with Crippen LogP contribution < -0.4 is 10.6 Å². The molecule has 134 valence electrons. The Bertz CT molecular complexity index is 547. The molecule has 2 N–H and O–H groups in total. The van der Waals surface area contributed by atoms with Gasteiger partial charge in [0.25, 0.3) is 0 Å². The smallest absolute Gasteiger partial charge is 0.225 e. The van der Waals surface area contributed by atoms with Gasteiger partial charge in [0.05, 0.1) is 18.7 Å². The molecule has 0 saturated carbocycles. The lowest BCUT2D eigenvalue weighted by Gasteiger charge is -2.25. The number of ether oxygens (including phenoxy) is 1. The molecule has 7 heteroatoms. The fourth-order valence-corrected chi connectivity index (χ4v) is 3.91. The molecule has 0 aromatic carbocycles. The van der Waals surface area contributed by atoms with Crippen LogP contribution >= 0.6 is 0 Å². The molecule has 2 fully saturated rings. The number of aromatic nitrogens is 2. The van der Waals surface area contributed by atoms with Crippen LogP contribution in [0.15, 0.2) is 12.4 Å². The number of likely N-dealkylation sites (tertiary alicyclic amines) is 1. The largest absolute Gasteiger partial charge is 0.383 e. The lowest BCUT2D eigenvalue weighted by Crippen LogP contribution is -2.44. The van der Waals surface area contributed by atoms with Crippen LogP contribution in [0.4, 0.5) is 0 Å². The van der Waals surface area contributed by atoms with Gasteiger partial charge in [0.2, 0.25) is 5.91 Å². The van der Waals surface area contributed by atoms with E-state index in [2.05, 4.69) is 20.6 Å². The van der Waals surface area contributed by atoms with Gasteiger partial charge in [0.15, 0.2) is 0 Å². The number of methoxy groups -OCH3 is 1. The predicted octanol–water partition coefficient (Wildman–Crippen LogP) is -0.0499. The first-order chi connectivity index (χ1) is 11.7. The first-order valence-electron chi connectivity index (χ1n) is 8.89. The molecule has 3 atom stereocenters. The topological polar surface area (TPSA) is 71.4 Å². The van der Waals surface area contributed by atoms with Gasteiger partial charge in [0.1, 0.15) is 0 Å². The second kappa shape index (κ2) is 8.09. The molecule has 0 spiro atoms. The predicted molar refractivity (Wildman–Crippen MR) is 91.8 cm³/mol. The molecule has 3 rings (SSSR count). The fourth-order valence-electron chi connectivity index (χ4n) is 3.91. The summed E-state index contributed by atoms with van der Waals surface area (Å²) in [4.78, 5) is 15.1. The minimum absolute atomic E-state index is 0.0111. The average Bonchev–Trinajstić information content (AvgIpc) is 3.30. The van der Waals surface area contributed by atoms with E-state index in [1.54, 1.807) is 11.8 Å². The van der Waals surface area contributed by atoms with Crippen molar-refractivity contribution < 1.29 is 9.53 Å². The third-order valence-electron chi connectivity index (χ3n) is 5.30. The minimum Gasteiger partial charge on any atom is -0.383 e. The first kappa shape index (κ1) is 17.4. The van der Waals surface area contributed by atoms with Gasteiger partial charge in [-0.15, -0.1) is 0 Å². The van der Waals surface area contributed by atoms with Crippen LogP contribution in [0.5, 0.6) is 0 Å². The number of amides is 1. The van der Waals surface area contributed by atoms with Gasteiger partial charge in [-0.2, -0.15) is 5.10 Å². The summed E-state index contributed by atoms with van der Waals surface area (Å²) in [5.74, 6) is 0.363. The number of carbonyl (C=O) groups is 1. The second-order valence-electron chi connectivity index (χ2n) is 6.89. The van der Waals surface area contributed by atoms with Crippen LogP contribution in [-0.2, 0) is 16.6 Å². The summed E-state index contributed by atoms with van der Waals surface area (Å²) >= 11 is 0. The molecular weight excluding hydrogens is 306 g/mol. The maximum absolute atomic E-state index is 12.7. The molecule has 7 nitrogen and oxygen atoms in total. The number of aryl methyl sites for hydroxylation is 1. The third-order valence-corrected chi connectivity index (χ3v) is 5.30. The Hall–Kier alpha value is -1.44. The van der Waals surface area contributed by atoms with E-state index in [-0.39, 0.29) is 17.7 Å². The van der Waals surface area contributed by atoms with E-state index in [1.807, 2.05) is 19.4 Å². The Morgan fingerprint density at radius 1 is 1.50 bits per heavy atom. The molecule has 1 aromatic rings. The Balaban J connectivity index is 1.52. The van der Waals surface area contributed by atoms with E-state index < -0.39 is 0 Å². The zero-order chi connectivity index (χ0) is 16.9. The number of hydrogen-bond donors (Lipinski definition) is 2. The molecule has 24 heavy (non-hydrogen) atoms. The monoisotopic (exact) mass is 335 g/mol. The lowest BCUT2D eigenvalue weighted by atomic mass is 9.90. The van der Waals surface area contributed by atoms with Crippen molar-refractivity contribution in [1.82, 2.24) is 25.3 Å². The molecular formula is C17H29N5O2. The first-order valence-corrected chi connectivity index (χ1v) is 8.89. The molecule has 2 aliphatic rings. The Morgan fingerprint density at radius 3 is 3.12 bits per heavy atom. The van der Waals surface area contributed by atoms with Crippen molar-refractivity contribution in [2.75, 3.05) is 46.4 Å². The van der Waals surface area contributed by atoms with Crippen LogP contribution in [0.25, 0.3) is 0 Å². The van der Waals surface area contributed by atoms with Crippen molar-refractivity contribution in [3.8, 4) is 0 Å². The summed E-state index contributed by atoms with van der Waals surface area (Å²) in [6.45, 7) is 5.11. The Kier molecular flexibility index (Phi) is 5.86. The highest BCUT2D eigenvalue weighted by Crippen LogP contribution is 2.28. The van der Waals surface area contributed by atoms with Gasteiger partial charge in [-0.05, 0) is 24.9 Å². The Morgan fingerprint density at radius 2 is 2.38 bits per heavy atom. The average molecular weight is 335 g/mol. The molecule has 1 aromatic heterocycles. The van der Waals surface area contributed by atoms with Crippen LogP contribution in [0.1, 0.15) is 24.3 Å². The number of hydrogen-bond acceptors (Lipinski definition) is 5. The van der Waals surface area contributed by atoms with Crippen molar-refractivity contribution in [2.24, 2.45) is 13.0 Å². The third kappa shape index (κ3) is 3.96. The lowest BCUT2D eigenvalue weighted by molar-refractivity contribution is -0.125. The molecule has 1 unspecified atom stereocenters. The van der Waals surface area contributed by atoms with Gasteiger partial charge in [-0.25, -0.2) is 0 Å². The molecule has 3 heterocycles. The highest BCUT2D eigenvalue weighted by Gasteiger charge is 2.35. The van der Waals surface area contributed by atoms with Gasteiger partial charge in [0, 0.05) is 58.5 Å². The van der Waals surface area contributed by atoms with E-state index >= 15 is 0 Å². The van der Waals surface area contributed by atoms with Crippen molar-refractivity contribution in [1.29, 1.82) is 0 Å². The zero-order valence-electron chi connectivity index (χ0n) is 14.7. The molecule has 0 bridgehead atoms. The summed E-state index contributed by atoms with van der Waals surface area (Å²) in [5, 5.41) is 10.8. The highest BCUT2D eigenvalue weighted by molar-refractivity contribution is 5.80. The van der Waals surface area contributed by atoms with Gasteiger partial charge >= 0.3 is 0 Å². The van der Waals surface area contributed by atoms with Gasteiger partial charge in [-0.3, -0.25) is 14.4 Å². The normalized spacial score (nSPS) is 27.7. The quantitative estimate of drug-likeness (QED) is 0.731. The summed E-state index contributed by atoms with van der Waals surface area (Å²) < 4.78 is 6.98. The molecule has 2 aliphatic heterocycles. The van der Waals surface area contributed by atoms with Crippen molar-refractivity contribution in [3.05, 3.63) is 18.0 Å². The summed E-state index contributed by atoms with van der Waals surface area (Å²) in [7, 11) is 3.65. The minimum atomic E-state index is -0.0111. The van der Waals surface area contributed by atoms with Crippen molar-refractivity contribution >= 4 is 5.91 Å². The fraction of sp³-hybridized carbons (Fsp3) is 0.765. The second-order valence-corrected chi connectivity index (χ2v) is 6.89. The SMILES string of the molecule is COCCN1CCCC1CNC(=O)[C@H]1CNC[C@@H]1c1cnn(C)c1. The zero-order valence-corrected chi connectivity index (χ0v) is 14.7. The standard InChI is InChI=1S/C17H29N5O2/c1-21-12-13(8-20-21)15-10-18-11-16(15)17(23)19-9-14-4-3-5-22(14)6-7-24-2/h8,12,14-16,18H,3-7,9-11H2,1-2H3,(H,19,23)/t14?,15-,16+/m1/s1. The van der Waals surface area contributed by atoms with E-state index in [1.165, 1.54) is 6.42 Å². The summed E-state index contributed by atoms with van der Waals surface area (Å²) in [6.07, 6.45) is 6.25. The molecule has 0 radical (unpaired) electrons. The number of rotatable bonds is 7. The number of nitrogens with one attached hydrogen (secondary N) is 2. The Labute approximate surface area is 143 Å². The summed E-state index contributed by atoms with van der Waals surface area (Å²) in [6, 6.07) is 0.440. The molecule has 0 aliphatic carbocycles. The van der Waals surface area contributed by atoms with Crippen molar-refractivity contribution in [3.63, 3.8) is 0 Å². The maximum atomic E-state index is 12.7. The number of carbonyl (C=O) groups excluding carboxylic acids is 1. The van der Waals surface area contributed by atoms with Crippen LogP contribution in [0.2, 0.25) is 0 Å². The van der Waals surface area contributed by atoms with Gasteiger partial charge in [-0.1, -0.05) is 0 Å². The van der Waals surface area contributed by atoms with E-state index in [0.717, 1.165) is 51.3 Å². The van der Waals surface area contributed by atoms with Crippen molar-refractivity contribution in [2.45, 2.75) is 24.8 Å².